The van der Waals surface area contributed by atoms with Gasteiger partial charge in [-0.05, 0) is 43.3 Å². The number of hydrogen-bond donors (Lipinski definition) is 1. The third-order valence-electron chi connectivity index (χ3n) is 3.11. The molecule has 1 N–H and O–H groups in total. The van der Waals surface area contributed by atoms with Crippen molar-refractivity contribution in [2.75, 3.05) is 0 Å². The summed E-state index contributed by atoms with van der Waals surface area (Å²) in [5, 5.41) is 8.63. The van der Waals surface area contributed by atoms with Crippen molar-refractivity contribution in [3.63, 3.8) is 0 Å². The van der Waals surface area contributed by atoms with Gasteiger partial charge in [-0.25, -0.2) is 9.67 Å². The first-order valence-electron chi connectivity index (χ1n) is 6.55. The van der Waals surface area contributed by atoms with Gasteiger partial charge in [0.15, 0.2) is 5.69 Å². The van der Waals surface area contributed by atoms with Gasteiger partial charge < -0.3 is 4.98 Å². The largest absolute Gasteiger partial charge is 0.345 e. The molecular formula is C15H12ClN5O. The minimum absolute atomic E-state index is 0.228. The van der Waals surface area contributed by atoms with Crippen LogP contribution in [0.1, 0.15) is 22.0 Å². The average molecular weight is 314 g/mol. The second-order valence-corrected chi connectivity index (χ2v) is 5.02. The van der Waals surface area contributed by atoms with Gasteiger partial charge >= 0.3 is 0 Å². The molecule has 0 aliphatic heterocycles. The summed E-state index contributed by atoms with van der Waals surface area (Å²) < 4.78 is 1.60. The van der Waals surface area contributed by atoms with Crippen LogP contribution in [0.2, 0.25) is 5.02 Å². The zero-order valence-electron chi connectivity index (χ0n) is 11.7. The van der Waals surface area contributed by atoms with Crippen molar-refractivity contribution in [1.82, 2.24) is 25.0 Å². The number of benzene rings is 1. The summed E-state index contributed by atoms with van der Waals surface area (Å²) in [6, 6.07) is 7.15. The molecule has 0 saturated carbocycles. The van der Waals surface area contributed by atoms with E-state index in [9.17, 15) is 4.79 Å². The second kappa shape index (κ2) is 5.95. The summed E-state index contributed by atoms with van der Waals surface area (Å²) in [4.78, 5) is 19.1. The first-order chi connectivity index (χ1) is 10.6. The average Bonchev–Trinajstić information content (AvgIpc) is 3.15. The van der Waals surface area contributed by atoms with Crippen molar-refractivity contribution in [3.05, 3.63) is 65.0 Å². The Morgan fingerprint density at radius 3 is 2.77 bits per heavy atom. The zero-order valence-corrected chi connectivity index (χ0v) is 12.4. The van der Waals surface area contributed by atoms with E-state index in [2.05, 4.69) is 20.3 Å². The molecule has 7 heteroatoms. The summed E-state index contributed by atoms with van der Waals surface area (Å²) in [6.45, 7) is 1.79. The molecule has 0 atom stereocenters. The molecule has 110 valence electrons. The van der Waals surface area contributed by atoms with Gasteiger partial charge in [0, 0.05) is 17.4 Å². The fourth-order valence-electron chi connectivity index (χ4n) is 1.99. The molecule has 22 heavy (non-hydrogen) atoms. The number of halogens is 1. The molecule has 0 aliphatic carbocycles. The number of ketones is 1. The Hall–Kier alpha value is -2.73. The molecule has 3 aromatic rings. The molecule has 1 aromatic carbocycles. The Balaban J connectivity index is 1.87. The van der Waals surface area contributed by atoms with Crippen LogP contribution in [-0.2, 0) is 0 Å². The summed E-state index contributed by atoms with van der Waals surface area (Å²) in [5.41, 5.74) is 1.76. The molecule has 2 aromatic heterocycles. The molecule has 2 heterocycles. The van der Waals surface area contributed by atoms with Gasteiger partial charge in [-0.15, -0.1) is 5.10 Å². The Morgan fingerprint density at radius 2 is 2.09 bits per heavy atom. The zero-order chi connectivity index (χ0) is 15.5. The first kappa shape index (κ1) is 14.2. The van der Waals surface area contributed by atoms with Gasteiger partial charge in [0.05, 0.1) is 11.4 Å². The molecule has 6 nitrogen and oxygen atoms in total. The van der Waals surface area contributed by atoms with Crippen LogP contribution in [0.3, 0.4) is 0 Å². The van der Waals surface area contributed by atoms with E-state index < -0.39 is 0 Å². The van der Waals surface area contributed by atoms with Crippen LogP contribution in [-0.4, -0.2) is 30.7 Å². The normalized spacial score (nSPS) is 11.2. The fourth-order valence-corrected chi connectivity index (χ4v) is 2.11. The molecule has 0 unspecified atom stereocenters. The summed E-state index contributed by atoms with van der Waals surface area (Å²) >= 11 is 5.87. The summed E-state index contributed by atoms with van der Waals surface area (Å²) in [5.74, 6) is 0.380. The number of aromatic nitrogens is 5. The van der Waals surface area contributed by atoms with Crippen LogP contribution >= 0.6 is 11.6 Å². The van der Waals surface area contributed by atoms with Crippen LogP contribution in [0.15, 0.2) is 42.7 Å². The van der Waals surface area contributed by atoms with Gasteiger partial charge in [0.1, 0.15) is 5.82 Å². The van der Waals surface area contributed by atoms with Gasteiger partial charge in [-0.2, -0.15) is 0 Å². The monoisotopic (exact) mass is 313 g/mol. The number of carbonyl (C=O) groups excluding carboxylic acids is 1. The molecule has 0 saturated heterocycles. The fraction of sp³-hybridized carbons (Fsp3) is 0.0667. The lowest BCUT2D eigenvalue weighted by molar-refractivity contribution is 0.104. The molecule has 0 fully saturated rings. The molecular weight excluding hydrogens is 302 g/mol. The van der Waals surface area contributed by atoms with E-state index >= 15 is 0 Å². The molecule has 0 radical (unpaired) electrons. The van der Waals surface area contributed by atoms with Crippen LogP contribution in [0, 0.1) is 6.92 Å². The standard InChI is InChI=1S/C15H12ClN5O/c1-10-15(13(22)6-7-14-17-8-9-18-14)19-20-21(10)12-4-2-11(16)3-5-12/h2-9H,1H3,(H,17,18)/b7-6-. The lowest BCUT2D eigenvalue weighted by atomic mass is 10.2. The number of carbonyl (C=O) groups is 1. The van der Waals surface area contributed by atoms with Crippen molar-refractivity contribution in [2.45, 2.75) is 6.92 Å². The topological polar surface area (TPSA) is 76.5 Å². The highest BCUT2D eigenvalue weighted by Gasteiger charge is 2.15. The predicted molar refractivity (Wildman–Crippen MR) is 83.1 cm³/mol. The summed E-state index contributed by atoms with van der Waals surface area (Å²) in [7, 11) is 0. The number of allylic oxidation sites excluding steroid dienone is 1. The number of imidazole rings is 1. The van der Waals surface area contributed by atoms with E-state index in [1.807, 2.05) is 12.1 Å². The van der Waals surface area contributed by atoms with E-state index in [0.717, 1.165) is 5.69 Å². The lowest BCUT2D eigenvalue weighted by Gasteiger charge is -2.02. The maximum Gasteiger partial charge on any atom is 0.208 e. The Bertz CT molecular complexity index is 818. The van der Waals surface area contributed by atoms with E-state index in [0.29, 0.717) is 22.2 Å². The Labute approximate surface area is 131 Å². The third kappa shape index (κ3) is 2.82. The lowest BCUT2D eigenvalue weighted by Crippen LogP contribution is -2.01. The predicted octanol–water partition coefficient (Wildman–Crippen LogP) is 2.85. The molecule has 3 rings (SSSR count). The third-order valence-corrected chi connectivity index (χ3v) is 3.36. The van der Waals surface area contributed by atoms with Gasteiger partial charge in [-0.1, -0.05) is 16.8 Å². The number of nitrogens with one attached hydrogen (secondary N) is 1. The van der Waals surface area contributed by atoms with Crippen molar-refractivity contribution < 1.29 is 4.79 Å². The Kier molecular flexibility index (Phi) is 3.84. The van der Waals surface area contributed by atoms with Crippen LogP contribution in [0.25, 0.3) is 11.8 Å². The minimum Gasteiger partial charge on any atom is -0.345 e. The van der Waals surface area contributed by atoms with E-state index in [-0.39, 0.29) is 5.78 Å². The number of rotatable bonds is 4. The molecule has 0 bridgehead atoms. The van der Waals surface area contributed by atoms with Crippen LogP contribution < -0.4 is 0 Å². The smallest absolute Gasteiger partial charge is 0.208 e. The molecule has 0 spiro atoms. The summed E-state index contributed by atoms with van der Waals surface area (Å²) in [6.07, 6.45) is 6.32. The van der Waals surface area contributed by atoms with Gasteiger partial charge in [-0.3, -0.25) is 4.79 Å². The number of nitrogens with zero attached hydrogens (tertiary/aromatic N) is 4. The van der Waals surface area contributed by atoms with E-state index in [1.54, 1.807) is 42.2 Å². The highest BCUT2D eigenvalue weighted by atomic mass is 35.5. The van der Waals surface area contributed by atoms with Gasteiger partial charge in [0.25, 0.3) is 0 Å². The van der Waals surface area contributed by atoms with Crippen molar-refractivity contribution >= 4 is 23.5 Å². The maximum absolute atomic E-state index is 12.2. The van der Waals surface area contributed by atoms with Crippen LogP contribution in [0.4, 0.5) is 0 Å². The molecule has 0 aliphatic rings. The van der Waals surface area contributed by atoms with E-state index in [1.165, 1.54) is 6.08 Å². The van der Waals surface area contributed by atoms with Crippen molar-refractivity contribution in [3.8, 4) is 5.69 Å². The first-order valence-corrected chi connectivity index (χ1v) is 6.93. The highest BCUT2D eigenvalue weighted by molar-refractivity contribution is 6.30. The second-order valence-electron chi connectivity index (χ2n) is 4.58. The highest BCUT2D eigenvalue weighted by Crippen LogP contribution is 2.16. The Morgan fingerprint density at radius 1 is 1.32 bits per heavy atom. The number of H-pyrrole nitrogens is 1. The number of aromatic amines is 1. The van der Waals surface area contributed by atoms with Gasteiger partial charge in [0.2, 0.25) is 5.78 Å². The van der Waals surface area contributed by atoms with Crippen molar-refractivity contribution in [1.29, 1.82) is 0 Å². The number of hydrogen-bond acceptors (Lipinski definition) is 4. The SMILES string of the molecule is Cc1c(C(=O)/C=C\c2ncc[nH]2)nnn1-c1ccc(Cl)cc1. The van der Waals surface area contributed by atoms with Crippen molar-refractivity contribution in [2.24, 2.45) is 0 Å². The van der Waals surface area contributed by atoms with E-state index in [4.69, 9.17) is 11.6 Å². The maximum atomic E-state index is 12.2. The van der Waals surface area contributed by atoms with Crippen LogP contribution in [0.5, 0.6) is 0 Å². The molecule has 0 amide bonds. The quantitative estimate of drug-likeness (QED) is 0.593. The minimum atomic E-state index is -0.228.